The molecule has 4 nitrogen and oxygen atoms in total. The molecule has 4 heterocycles. The molecule has 12 aromatic rings. The zero-order chi connectivity index (χ0) is 43.3. The molecule has 9 aromatic carbocycles. The standard InChI is InChI=1S/C62H38N4/c1-4-16-39(17-5-1)52-36-31-41-28-29-42-32-37-53(64-61(42)60(41)63-52)43-30-34-48-47(38-43)58-51(35-33-46-57(58)45-22-10-13-25-54(45)65-59(46)40-18-6-2-7-19-40)62(48)49-23-11-14-26-55(49)66(44-20-8-3-9-21-44)56-27-15-12-24-50(56)62/h1-38H. The second kappa shape index (κ2) is 14.1. The minimum absolute atomic E-state index is 0.641. The van der Waals surface area contributed by atoms with Gasteiger partial charge in [0.05, 0.1) is 50.4 Å². The predicted octanol–water partition coefficient (Wildman–Crippen LogP) is 15.6. The Labute approximate surface area is 381 Å². The molecule has 1 aliphatic heterocycles. The van der Waals surface area contributed by atoms with E-state index in [9.17, 15) is 0 Å². The van der Waals surface area contributed by atoms with E-state index in [4.69, 9.17) is 15.0 Å². The summed E-state index contributed by atoms with van der Waals surface area (Å²) in [5.41, 5.74) is 19.1. The maximum absolute atomic E-state index is 5.50. The van der Waals surface area contributed by atoms with Crippen molar-refractivity contribution in [1.29, 1.82) is 0 Å². The highest BCUT2D eigenvalue weighted by atomic mass is 15.2. The number of benzene rings is 9. The molecule has 3 aromatic heterocycles. The molecule has 0 radical (unpaired) electrons. The van der Waals surface area contributed by atoms with Crippen molar-refractivity contribution in [2.75, 3.05) is 4.90 Å². The number of hydrogen-bond donors (Lipinski definition) is 0. The van der Waals surface area contributed by atoms with Crippen LogP contribution in [0.2, 0.25) is 0 Å². The maximum Gasteiger partial charge on any atom is 0.0972 e. The van der Waals surface area contributed by atoms with Gasteiger partial charge in [0.2, 0.25) is 0 Å². The summed E-state index contributed by atoms with van der Waals surface area (Å²) in [7, 11) is 0. The van der Waals surface area contributed by atoms with Crippen LogP contribution in [0.15, 0.2) is 231 Å². The van der Waals surface area contributed by atoms with Crippen LogP contribution in [0, 0.1) is 0 Å². The van der Waals surface area contributed by atoms with Crippen LogP contribution in [0.5, 0.6) is 0 Å². The van der Waals surface area contributed by atoms with Crippen LogP contribution >= 0.6 is 0 Å². The van der Waals surface area contributed by atoms with Crippen molar-refractivity contribution in [2.24, 2.45) is 0 Å². The lowest BCUT2D eigenvalue weighted by Gasteiger charge is -2.45. The summed E-state index contributed by atoms with van der Waals surface area (Å²) in [6.07, 6.45) is 0. The van der Waals surface area contributed by atoms with E-state index in [0.717, 1.165) is 77.6 Å². The lowest BCUT2D eigenvalue weighted by molar-refractivity contribution is 0.753. The zero-order valence-electron chi connectivity index (χ0n) is 35.7. The van der Waals surface area contributed by atoms with Crippen molar-refractivity contribution in [1.82, 2.24) is 15.0 Å². The van der Waals surface area contributed by atoms with Gasteiger partial charge >= 0.3 is 0 Å². The third kappa shape index (κ3) is 5.18. The average Bonchev–Trinajstić information content (AvgIpc) is 3.69. The molecule has 4 heteroatoms. The maximum atomic E-state index is 5.50. The Morgan fingerprint density at radius 2 is 0.909 bits per heavy atom. The monoisotopic (exact) mass is 838 g/mol. The molecule has 0 bridgehead atoms. The molecule has 306 valence electrons. The number of anilines is 3. The fourth-order valence-electron chi connectivity index (χ4n) is 11.2. The smallest absolute Gasteiger partial charge is 0.0972 e. The van der Waals surface area contributed by atoms with Gasteiger partial charge in [-0.3, -0.25) is 0 Å². The van der Waals surface area contributed by atoms with E-state index in [-0.39, 0.29) is 0 Å². The van der Waals surface area contributed by atoms with Crippen molar-refractivity contribution in [3.63, 3.8) is 0 Å². The molecule has 1 spiro atoms. The Balaban J connectivity index is 1.09. The summed E-state index contributed by atoms with van der Waals surface area (Å²) in [6.45, 7) is 0. The largest absolute Gasteiger partial charge is 0.310 e. The van der Waals surface area contributed by atoms with Crippen LogP contribution in [-0.2, 0) is 5.41 Å². The summed E-state index contributed by atoms with van der Waals surface area (Å²) < 4.78 is 0. The highest BCUT2D eigenvalue weighted by Gasteiger charge is 2.52. The highest BCUT2D eigenvalue weighted by Crippen LogP contribution is 2.65. The Kier molecular flexibility index (Phi) is 7.87. The fraction of sp³-hybridized carbons (Fsp3) is 0.0161. The fourth-order valence-corrected chi connectivity index (χ4v) is 11.2. The number of pyridine rings is 3. The summed E-state index contributed by atoms with van der Waals surface area (Å²) in [5, 5.41) is 5.60. The number of nitrogens with zero attached hydrogens (tertiary/aromatic N) is 4. The first-order valence-corrected chi connectivity index (χ1v) is 22.6. The second-order valence-electron chi connectivity index (χ2n) is 17.4. The summed E-state index contributed by atoms with van der Waals surface area (Å²) >= 11 is 0. The van der Waals surface area contributed by atoms with Gasteiger partial charge in [0.15, 0.2) is 0 Å². The molecule has 66 heavy (non-hydrogen) atoms. The topological polar surface area (TPSA) is 41.9 Å². The number of hydrogen-bond acceptors (Lipinski definition) is 4. The normalized spacial score (nSPS) is 13.2. The van der Waals surface area contributed by atoms with E-state index in [0.29, 0.717) is 0 Å². The van der Waals surface area contributed by atoms with Gasteiger partial charge in [0, 0.05) is 49.3 Å². The van der Waals surface area contributed by atoms with E-state index < -0.39 is 5.41 Å². The molecule has 0 saturated carbocycles. The van der Waals surface area contributed by atoms with Crippen molar-refractivity contribution in [2.45, 2.75) is 5.41 Å². The summed E-state index contributed by atoms with van der Waals surface area (Å²) in [4.78, 5) is 18.6. The minimum Gasteiger partial charge on any atom is -0.310 e. The van der Waals surface area contributed by atoms with Gasteiger partial charge in [-0.05, 0) is 81.9 Å². The van der Waals surface area contributed by atoms with Gasteiger partial charge in [-0.15, -0.1) is 0 Å². The number of aromatic nitrogens is 3. The van der Waals surface area contributed by atoms with Crippen LogP contribution in [0.3, 0.4) is 0 Å². The van der Waals surface area contributed by atoms with Crippen LogP contribution in [0.1, 0.15) is 22.3 Å². The first kappa shape index (κ1) is 36.7. The Morgan fingerprint density at radius 3 is 1.59 bits per heavy atom. The van der Waals surface area contributed by atoms with Crippen molar-refractivity contribution in [3.8, 4) is 44.9 Å². The molecule has 0 amide bonds. The van der Waals surface area contributed by atoms with E-state index >= 15 is 0 Å². The molecule has 2 aliphatic rings. The quantitative estimate of drug-likeness (QED) is 0.166. The van der Waals surface area contributed by atoms with Crippen molar-refractivity contribution < 1.29 is 0 Å². The Bertz CT molecular complexity index is 3890. The van der Waals surface area contributed by atoms with Crippen LogP contribution in [0.25, 0.3) is 88.4 Å². The Morgan fingerprint density at radius 1 is 0.364 bits per heavy atom. The molecule has 1 aliphatic carbocycles. The molecule has 0 N–H and O–H groups in total. The molecule has 0 unspecified atom stereocenters. The number of para-hydroxylation sites is 4. The Hall–Kier alpha value is -8.73. The van der Waals surface area contributed by atoms with E-state index in [1.807, 2.05) is 6.07 Å². The van der Waals surface area contributed by atoms with Crippen LogP contribution < -0.4 is 4.90 Å². The average molecular weight is 839 g/mol. The predicted molar refractivity (Wildman–Crippen MR) is 272 cm³/mol. The third-order valence-corrected chi connectivity index (χ3v) is 14.0. The van der Waals surface area contributed by atoms with Gasteiger partial charge in [-0.1, -0.05) is 182 Å². The molecular formula is C62H38N4. The van der Waals surface area contributed by atoms with Gasteiger partial charge < -0.3 is 4.90 Å². The van der Waals surface area contributed by atoms with Gasteiger partial charge in [0.1, 0.15) is 0 Å². The van der Waals surface area contributed by atoms with Crippen molar-refractivity contribution >= 4 is 60.5 Å². The first-order chi connectivity index (χ1) is 32.7. The lowest BCUT2D eigenvalue weighted by Crippen LogP contribution is -2.36. The third-order valence-electron chi connectivity index (χ3n) is 14.0. The van der Waals surface area contributed by atoms with E-state index in [1.54, 1.807) is 0 Å². The summed E-state index contributed by atoms with van der Waals surface area (Å²) in [6, 6.07) is 83.3. The van der Waals surface area contributed by atoms with Crippen LogP contribution in [0.4, 0.5) is 17.1 Å². The second-order valence-corrected chi connectivity index (χ2v) is 17.4. The van der Waals surface area contributed by atoms with Gasteiger partial charge in [-0.25, -0.2) is 15.0 Å². The van der Waals surface area contributed by atoms with E-state index in [2.05, 4.69) is 229 Å². The number of rotatable bonds is 4. The minimum atomic E-state index is -0.641. The SMILES string of the molecule is c1ccc(-c2ccc3ccc4ccc(-c5ccc6c(c5)-c5c(ccc7c(-c8ccccc8)nc8ccccc8c57)C65c6ccccc6N(c6ccccc6)c6ccccc65)nc4c3n2)cc1. The van der Waals surface area contributed by atoms with Crippen molar-refractivity contribution in [3.05, 3.63) is 253 Å². The van der Waals surface area contributed by atoms with E-state index in [1.165, 1.54) is 50.1 Å². The molecule has 0 fully saturated rings. The van der Waals surface area contributed by atoms with Gasteiger partial charge in [-0.2, -0.15) is 0 Å². The molecule has 14 rings (SSSR count). The lowest BCUT2D eigenvalue weighted by atomic mass is 9.64. The number of fused-ring (bicyclic) bond motifs is 16. The highest BCUT2D eigenvalue weighted by molar-refractivity contribution is 6.20. The molecule has 0 saturated heterocycles. The van der Waals surface area contributed by atoms with Gasteiger partial charge in [0.25, 0.3) is 0 Å². The summed E-state index contributed by atoms with van der Waals surface area (Å²) in [5.74, 6) is 0. The molecule has 0 atom stereocenters. The zero-order valence-corrected chi connectivity index (χ0v) is 35.7. The molecular weight excluding hydrogens is 801 g/mol. The van der Waals surface area contributed by atoms with Crippen LogP contribution in [-0.4, -0.2) is 15.0 Å². The first-order valence-electron chi connectivity index (χ1n) is 22.6.